The van der Waals surface area contributed by atoms with Crippen LogP contribution >= 0.6 is 0 Å². The zero-order valence-corrected chi connectivity index (χ0v) is 12.8. The second-order valence-electron chi connectivity index (χ2n) is 5.24. The summed E-state index contributed by atoms with van der Waals surface area (Å²) >= 11 is 0. The number of halogens is 3. The van der Waals surface area contributed by atoms with E-state index in [-0.39, 0.29) is 11.1 Å². The summed E-state index contributed by atoms with van der Waals surface area (Å²) < 4.78 is 42.4. The average molecular weight is 304 g/mol. The fraction of sp³-hybridized carbons (Fsp3) is 0.263. The smallest absolute Gasteiger partial charge is 0.169 e. The third kappa shape index (κ3) is 3.59. The Labute approximate surface area is 129 Å². The van der Waals surface area contributed by atoms with Crippen molar-refractivity contribution < 1.29 is 13.2 Å². The molecule has 0 aliphatic rings. The first-order valence-electron chi connectivity index (χ1n) is 7.50. The molecule has 0 saturated carbocycles. The van der Waals surface area contributed by atoms with Crippen molar-refractivity contribution in [2.24, 2.45) is 0 Å². The molecular formula is C19H19F3. The molecule has 0 aliphatic heterocycles. The predicted molar refractivity (Wildman–Crippen MR) is 85.2 cm³/mol. The van der Waals surface area contributed by atoms with E-state index in [1.54, 1.807) is 18.2 Å². The van der Waals surface area contributed by atoms with E-state index in [9.17, 15) is 13.2 Å². The molecule has 0 atom stereocenters. The van der Waals surface area contributed by atoms with Crippen LogP contribution < -0.4 is 0 Å². The summed E-state index contributed by atoms with van der Waals surface area (Å²) in [7, 11) is 0. The van der Waals surface area contributed by atoms with Crippen LogP contribution in [0.2, 0.25) is 0 Å². The fourth-order valence-electron chi connectivity index (χ4n) is 2.31. The minimum absolute atomic E-state index is 0.117. The Morgan fingerprint density at radius 1 is 0.864 bits per heavy atom. The Morgan fingerprint density at radius 2 is 1.50 bits per heavy atom. The van der Waals surface area contributed by atoms with E-state index in [4.69, 9.17) is 0 Å². The van der Waals surface area contributed by atoms with Gasteiger partial charge in [0, 0.05) is 11.1 Å². The van der Waals surface area contributed by atoms with Crippen molar-refractivity contribution in [2.45, 2.75) is 33.1 Å². The zero-order chi connectivity index (χ0) is 16.1. The van der Waals surface area contributed by atoms with Crippen molar-refractivity contribution in [3.63, 3.8) is 0 Å². The van der Waals surface area contributed by atoms with E-state index in [0.29, 0.717) is 6.42 Å². The van der Waals surface area contributed by atoms with Crippen molar-refractivity contribution in [3.8, 4) is 0 Å². The molecule has 116 valence electrons. The number of aryl methyl sites for hydroxylation is 2. The first-order valence-corrected chi connectivity index (χ1v) is 7.50. The van der Waals surface area contributed by atoms with Crippen molar-refractivity contribution in [3.05, 3.63) is 70.5 Å². The highest BCUT2D eigenvalue weighted by molar-refractivity contribution is 5.83. The van der Waals surface area contributed by atoms with Gasteiger partial charge in [0.1, 0.15) is 5.82 Å². The molecule has 0 aliphatic carbocycles. The van der Waals surface area contributed by atoms with Gasteiger partial charge in [-0.2, -0.15) is 0 Å². The first-order chi connectivity index (χ1) is 10.6. The number of benzene rings is 2. The minimum atomic E-state index is -1.16. The van der Waals surface area contributed by atoms with Gasteiger partial charge in [-0.15, -0.1) is 0 Å². The van der Waals surface area contributed by atoms with Crippen LogP contribution in [0.15, 0.2) is 42.5 Å². The Kier molecular flexibility index (Phi) is 5.42. The van der Waals surface area contributed by atoms with Crippen molar-refractivity contribution >= 4 is 11.7 Å². The van der Waals surface area contributed by atoms with Gasteiger partial charge in [0.2, 0.25) is 0 Å². The molecule has 0 amide bonds. The molecule has 0 spiro atoms. The minimum Gasteiger partial charge on any atom is -0.206 e. The van der Waals surface area contributed by atoms with E-state index >= 15 is 0 Å². The molecule has 2 rings (SSSR count). The lowest BCUT2D eigenvalue weighted by molar-refractivity contribution is 0.608. The van der Waals surface area contributed by atoms with E-state index in [2.05, 4.69) is 0 Å². The van der Waals surface area contributed by atoms with Crippen molar-refractivity contribution in [1.82, 2.24) is 0 Å². The van der Waals surface area contributed by atoms with Gasteiger partial charge in [0.15, 0.2) is 11.7 Å². The third-order valence-corrected chi connectivity index (χ3v) is 3.62. The summed E-state index contributed by atoms with van der Waals surface area (Å²) in [6.45, 7) is 3.96. The van der Waals surface area contributed by atoms with Gasteiger partial charge in [-0.3, -0.25) is 0 Å². The van der Waals surface area contributed by atoms with Crippen LogP contribution in [-0.2, 0) is 12.8 Å². The largest absolute Gasteiger partial charge is 0.206 e. The molecule has 2 aromatic rings. The van der Waals surface area contributed by atoms with Crippen LogP contribution in [0.25, 0.3) is 11.7 Å². The van der Waals surface area contributed by atoms with Crippen molar-refractivity contribution in [2.75, 3.05) is 0 Å². The average Bonchev–Trinajstić information content (AvgIpc) is 2.54. The topological polar surface area (TPSA) is 0 Å². The Morgan fingerprint density at radius 3 is 2.05 bits per heavy atom. The lowest BCUT2D eigenvalue weighted by Gasteiger charge is -2.06. The van der Waals surface area contributed by atoms with Crippen molar-refractivity contribution in [1.29, 1.82) is 0 Å². The van der Waals surface area contributed by atoms with Gasteiger partial charge in [-0.1, -0.05) is 50.6 Å². The summed E-state index contributed by atoms with van der Waals surface area (Å²) in [5.41, 5.74) is 1.60. The van der Waals surface area contributed by atoms with Crippen LogP contribution in [0.4, 0.5) is 13.2 Å². The summed E-state index contributed by atoms with van der Waals surface area (Å²) in [5, 5.41) is 0. The van der Waals surface area contributed by atoms with Gasteiger partial charge in [-0.05, 0) is 36.1 Å². The second kappa shape index (κ2) is 7.30. The molecular weight excluding hydrogens is 285 g/mol. The molecule has 2 aromatic carbocycles. The Bertz CT molecular complexity index is 670. The molecule has 0 saturated heterocycles. The second-order valence-corrected chi connectivity index (χ2v) is 5.24. The highest BCUT2D eigenvalue weighted by Crippen LogP contribution is 2.30. The maximum absolute atomic E-state index is 14.2. The molecule has 0 heterocycles. The number of hydrogen-bond donors (Lipinski definition) is 0. The van der Waals surface area contributed by atoms with E-state index < -0.39 is 17.5 Å². The van der Waals surface area contributed by atoms with Gasteiger partial charge in [0.05, 0.1) is 0 Å². The highest BCUT2D eigenvalue weighted by Gasteiger charge is 2.15. The van der Waals surface area contributed by atoms with Crippen LogP contribution in [0.1, 0.15) is 42.5 Å². The Balaban J connectivity index is 2.37. The summed E-state index contributed by atoms with van der Waals surface area (Å²) in [4.78, 5) is 0. The molecule has 0 radical (unpaired) electrons. The van der Waals surface area contributed by atoms with E-state index in [0.717, 1.165) is 24.0 Å². The first kappa shape index (κ1) is 16.3. The van der Waals surface area contributed by atoms with Gasteiger partial charge >= 0.3 is 0 Å². The lowest BCUT2D eigenvalue weighted by Crippen LogP contribution is -1.92. The third-order valence-electron chi connectivity index (χ3n) is 3.62. The zero-order valence-electron chi connectivity index (χ0n) is 12.8. The van der Waals surface area contributed by atoms with Gasteiger partial charge in [0.25, 0.3) is 0 Å². The van der Waals surface area contributed by atoms with Gasteiger partial charge < -0.3 is 0 Å². The summed E-state index contributed by atoms with van der Waals surface area (Å²) in [6.07, 6.45) is 2.40. The molecule has 3 heteroatoms. The molecule has 22 heavy (non-hydrogen) atoms. The maximum Gasteiger partial charge on any atom is 0.169 e. The molecule has 0 fully saturated rings. The molecule has 0 unspecified atom stereocenters. The highest BCUT2D eigenvalue weighted by atomic mass is 19.2. The number of rotatable bonds is 5. The number of hydrogen-bond acceptors (Lipinski definition) is 0. The predicted octanol–water partition coefficient (Wildman–Crippen LogP) is 6.11. The maximum atomic E-state index is 14.2. The summed E-state index contributed by atoms with van der Waals surface area (Å²) in [5.74, 6) is -2.93. The standard InChI is InChI=1S/C19H19F3/c1-3-5-14-8-11-16(17(20)12-14)19(22)18(21)15-9-6-13(4-2)7-10-15/h6-12H,3-5H2,1-2H3/b19-18+. The van der Waals surface area contributed by atoms with Crippen LogP contribution in [0, 0.1) is 5.82 Å². The van der Waals surface area contributed by atoms with Crippen LogP contribution in [0.3, 0.4) is 0 Å². The molecule has 0 nitrogen and oxygen atoms in total. The molecule has 0 aromatic heterocycles. The fourth-order valence-corrected chi connectivity index (χ4v) is 2.31. The van der Waals surface area contributed by atoms with Gasteiger partial charge in [-0.25, -0.2) is 13.2 Å². The SMILES string of the molecule is CCCc1ccc(/C(F)=C(\F)c2ccc(CC)cc2)c(F)c1. The van der Waals surface area contributed by atoms with E-state index in [1.807, 2.05) is 13.8 Å². The Hall–Kier alpha value is -2.03. The van der Waals surface area contributed by atoms with Crippen LogP contribution in [-0.4, -0.2) is 0 Å². The lowest BCUT2D eigenvalue weighted by atomic mass is 10.0. The van der Waals surface area contributed by atoms with Crippen LogP contribution in [0.5, 0.6) is 0 Å². The molecule has 0 bridgehead atoms. The van der Waals surface area contributed by atoms with E-state index in [1.165, 1.54) is 24.3 Å². The molecule has 0 N–H and O–H groups in total. The monoisotopic (exact) mass is 304 g/mol. The quantitative estimate of drug-likeness (QED) is 0.585. The summed E-state index contributed by atoms with van der Waals surface area (Å²) in [6, 6.07) is 10.7. The normalized spacial score (nSPS) is 12.2.